The Hall–Kier alpha value is -1.42. The van der Waals surface area contributed by atoms with Gasteiger partial charge in [-0.3, -0.25) is 4.79 Å². The van der Waals surface area contributed by atoms with Crippen LogP contribution in [0.2, 0.25) is 5.15 Å². The van der Waals surface area contributed by atoms with Crippen LogP contribution < -0.4 is 0 Å². The molecule has 0 aliphatic heterocycles. The Kier molecular flexibility index (Phi) is 2.92. The average molecular weight is 240 g/mol. The number of esters is 1. The van der Waals surface area contributed by atoms with E-state index < -0.39 is 12.1 Å². The highest BCUT2D eigenvalue weighted by Gasteiger charge is 2.36. The van der Waals surface area contributed by atoms with Crippen molar-refractivity contribution in [1.82, 2.24) is 4.98 Å². The molecule has 0 radical (unpaired) electrons. The van der Waals surface area contributed by atoms with Gasteiger partial charge in [0, 0.05) is 18.7 Å². The summed E-state index contributed by atoms with van der Waals surface area (Å²) < 4.78 is 5.14. The lowest BCUT2D eigenvalue weighted by Crippen LogP contribution is -2.15. The molecular weight excluding hydrogens is 230 g/mol. The summed E-state index contributed by atoms with van der Waals surface area (Å²) in [6.07, 6.45) is 2.30. The molecule has 1 aliphatic carbocycles. The molecule has 1 heterocycles. The quantitative estimate of drug-likeness (QED) is 0.448. The lowest BCUT2D eigenvalue weighted by atomic mass is 10.1. The monoisotopic (exact) mass is 239 g/mol. The molecule has 1 aliphatic rings. The molecule has 0 aromatic carbocycles. The van der Waals surface area contributed by atoms with Gasteiger partial charge in [0.2, 0.25) is 0 Å². The maximum Gasteiger partial charge on any atom is 0.303 e. The number of rotatable bonds is 2. The van der Waals surface area contributed by atoms with Gasteiger partial charge in [0.05, 0.1) is 5.92 Å². The molecule has 4 nitrogen and oxygen atoms in total. The summed E-state index contributed by atoms with van der Waals surface area (Å²) in [5.74, 6) is -0.766. The number of carbonyl (C=O) groups excluding carboxylic acids is 2. The fraction of sp³-hybridized carbons (Fsp3) is 0.364. The summed E-state index contributed by atoms with van der Waals surface area (Å²) in [4.78, 5) is 25.8. The van der Waals surface area contributed by atoms with Gasteiger partial charge < -0.3 is 9.53 Å². The van der Waals surface area contributed by atoms with Gasteiger partial charge in [-0.15, -0.1) is 0 Å². The molecule has 2 atom stereocenters. The van der Waals surface area contributed by atoms with Gasteiger partial charge in [0.15, 0.2) is 0 Å². The van der Waals surface area contributed by atoms with Gasteiger partial charge in [0.1, 0.15) is 17.5 Å². The van der Waals surface area contributed by atoms with Gasteiger partial charge >= 0.3 is 5.97 Å². The summed E-state index contributed by atoms with van der Waals surface area (Å²) in [6, 6.07) is 1.73. The highest BCUT2D eigenvalue weighted by atomic mass is 35.5. The van der Waals surface area contributed by atoms with Crippen molar-refractivity contribution in [2.45, 2.75) is 19.4 Å². The third-order valence-corrected chi connectivity index (χ3v) is 2.97. The topological polar surface area (TPSA) is 56.3 Å². The molecule has 84 valence electrons. The highest BCUT2D eigenvalue weighted by Crippen LogP contribution is 2.40. The lowest BCUT2D eigenvalue weighted by Gasteiger charge is -2.15. The van der Waals surface area contributed by atoms with Crippen LogP contribution in [0.4, 0.5) is 0 Å². The average Bonchev–Trinajstić information content (AvgIpc) is 2.58. The van der Waals surface area contributed by atoms with Crippen molar-refractivity contribution in [3.8, 4) is 0 Å². The van der Waals surface area contributed by atoms with Crippen LogP contribution in [0, 0.1) is 5.92 Å². The van der Waals surface area contributed by atoms with E-state index in [0.717, 1.165) is 17.4 Å². The van der Waals surface area contributed by atoms with E-state index in [4.69, 9.17) is 16.3 Å². The predicted octanol–water partition coefficient (Wildman–Crippen LogP) is 1.71. The van der Waals surface area contributed by atoms with E-state index in [-0.39, 0.29) is 5.92 Å². The van der Waals surface area contributed by atoms with Gasteiger partial charge in [-0.25, -0.2) is 4.98 Å². The molecule has 5 heteroatoms. The third-order valence-electron chi connectivity index (χ3n) is 2.64. The van der Waals surface area contributed by atoms with E-state index in [1.54, 1.807) is 12.3 Å². The Labute approximate surface area is 97.6 Å². The van der Waals surface area contributed by atoms with Crippen LogP contribution in [-0.4, -0.2) is 17.2 Å². The van der Waals surface area contributed by atoms with Crippen LogP contribution in [0.1, 0.15) is 24.2 Å². The molecule has 16 heavy (non-hydrogen) atoms. The molecule has 0 spiro atoms. The predicted molar refractivity (Wildman–Crippen MR) is 57.0 cm³/mol. The second-order valence-electron chi connectivity index (χ2n) is 3.70. The van der Waals surface area contributed by atoms with E-state index in [2.05, 4.69) is 4.98 Å². The molecule has 0 bridgehead atoms. The maximum atomic E-state index is 11.0. The normalized spacial score (nSPS) is 22.6. The largest absolute Gasteiger partial charge is 0.457 e. The van der Waals surface area contributed by atoms with E-state index in [1.165, 1.54) is 6.92 Å². The van der Waals surface area contributed by atoms with Crippen molar-refractivity contribution in [3.63, 3.8) is 0 Å². The molecule has 1 aromatic rings. The number of carbonyl (C=O) groups is 2. The fourth-order valence-corrected chi connectivity index (χ4v) is 2.21. The van der Waals surface area contributed by atoms with Gasteiger partial charge in [-0.2, -0.15) is 0 Å². The van der Waals surface area contributed by atoms with Crippen molar-refractivity contribution >= 4 is 23.9 Å². The van der Waals surface area contributed by atoms with E-state index >= 15 is 0 Å². The van der Waals surface area contributed by atoms with Crippen LogP contribution >= 0.6 is 11.6 Å². The minimum Gasteiger partial charge on any atom is -0.457 e. The minimum atomic E-state index is -0.523. The Morgan fingerprint density at radius 3 is 3.06 bits per heavy atom. The van der Waals surface area contributed by atoms with Gasteiger partial charge in [0.25, 0.3) is 0 Å². The van der Waals surface area contributed by atoms with E-state index in [9.17, 15) is 9.59 Å². The molecule has 0 saturated carbocycles. The lowest BCUT2D eigenvalue weighted by molar-refractivity contribution is -0.149. The number of aromatic nitrogens is 1. The number of hydrogen-bond acceptors (Lipinski definition) is 4. The van der Waals surface area contributed by atoms with Crippen LogP contribution in [0.15, 0.2) is 12.3 Å². The first kappa shape index (κ1) is 11.1. The minimum absolute atomic E-state index is 0.361. The Balaban J connectivity index is 2.40. The third kappa shape index (κ3) is 1.80. The fourth-order valence-electron chi connectivity index (χ4n) is 1.97. The number of aldehydes is 1. The molecule has 0 amide bonds. The smallest absolute Gasteiger partial charge is 0.303 e. The van der Waals surface area contributed by atoms with Gasteiger partial charge in [-0.05, 0) is 18.1 Å². The summed E-state index contributed by atoms with van der Waals surface area (Å²) >= 11 is 5.93. The zero-order chi connectivity index (χ0) is 11.7. The van der Waals surface area contributed by atoms with Gasteiger partial charge in [-0.1, -0.05) is 11.6 Å². The summed E-state index contributed by atoms with van der Waals surface area (Å²) in [7, 11) is 0. The maximum absolute atomic E-state index is 11.0. The summed E-state index contributed by atoms with van der Waals surface area (Å²) in [6.45, 7) is 1.32. The molecule has 1 unspecified atom stereocenters. The van der Waals surface area contributed by atoms with Crippen LogP contribution in [0.3, 0.4) is 0 Å². The first-order chi connectivity index (χ1) is 7.63. The van der Waals surface area contributed by atoms with Crippen LogP contribution in [-0.2, 0) is 20.7 Å². The van der Waals surface area contributed by atoms with Crippen molar-refractivity contribution in [1.29, 1.82) is 0 Å². The standard InChI is InChI=1S/C11H10ClNO3/c1-6(15)16-10-7(5-14)4-9-8(10)2-3-13-11(9)12/h2-3,5,7,10H,4H2,1H3/t7-,10?/m0/s1. The first-order valence-electron chi connectivity index (χ1n) is 4.89. The Bertz CT molecular complexity index is 447. The number of fused-ring (bicyclic) bond motifs is 1. The molecule has 2 rings (SSSR count). The number of hydrogen-bond donors (Lipinski definition) is 0. The number of ether oxygens (including phenoxy) is 1. The zero-order valence-electron chi connectivity index (χ0n) is 8.64. The number of nitrogens with zero attached hydrogens (tertiary/aromatic N) is 1. The summed E-state index contributed by atoms with van der Waals surface area (Å²) in [5.41, 5.74) is 1.58. The van der Waals surface area contributed by atoms with Crippen molar-refractivity contribution in [2.24, 2.45) is 5.92 Å². The van der Waals surface area contributed by atoms with E-state index in [1.807, 2.05) is 0 Å². The number of pyridine rings is 1. The number of halogens is 1. The molecule has 0 N–H and O–H groups in total. The SMILES string of the molecule is CC(=O)OC1c2ccnc(Cl)c2C[C@H]1C=O. The molecule has 0 fully saturated rings. The van der Waals surface area contributed by atoms with Crippen molar-refractivity contribution in [2.75, 3.05) is 0 Å². The van der Waals surface area contributed by atoms with Crippen LogP contribution in [0.25, 0.3) is 0 Å². The second kappa shape index (κ2) is 4.22. The first-order valence-corrected chi connectivity index (χ1v) is 5.27. The van der Waals surface area contributed by atoms with Crippen molar-refractivity contribution in [3.05, 3.63) is 28.5 Å². The van der Waals surface area contributed by atoms with Crippen molar-refractivity contribution < 1.29 is 14.3 Å². The van der Waals surface area contributed by atoms with E-state index in [0.29, 0.717) is 11.6 Å². The Morgan fingerprint density at radius 2 is 2.44 bits per heavy atom. The van der Waals surface area contributed by atoms with Crippen LogP contribution in [0.5, 0.6) is 0 Å². The molecule has 1 aromatic heterocycles. The highest BCUT2D eigenvalue weighted by molar-refractivity contribution is 6.30. The second-order valence-corrected chi connectivity index (χ2v) is 4.06. The molecular formula is C11H10ClNO3. The zero-order valence-corrected chi connectivity index (χ0v) is 9.40. The molecule has 0 saturated heterocycles. The summed E-state index contributed by atoms with van der Waals surface area (Å²) in [5, 5.41) is 0.374. The Morgan fingerprint density at radius 1 is 1.69 bits per heavy atom.